The Hall–Kier alpha value is -3.15. The molecule has 3 aromatic rings. The predicted molar refractivity (Wildman–Crippen MR) is 104 cm³/mol. The van der Waals surface area contributed by atoms with Gasteiger partial charge in [0, 0.05) is 7.05 Å². The van der Waals surface area contributed by atoms with Gasteiger partial charge in [-0.25, -0.2) is 9.67 Å². The molecule has 1 heterocycles. The Kier molecular flexibility index (Phi) is 5.54. The second-order valence-electron chi connectivity index (χ2n) is 6.65. The summed E-state index contributed by atoms with van der Waals surface area (Å²) < 4.78 is 7.36. The van der Waals surface area contributed by atoms with Crippen molar-refractivity contribution in [3.8, 4) is 11.4 Å². The van der Waals surface area contributed by atoms with Crippen LogP contribution in [-0.4, -0.2) is 39.2 Å². The van der Waals surface area contributed by atoms with Gasteiger partial charge in [-0.2, -0.15) is 5.10 Å². The average molecular weight is 364 g/mol. The van der Waals surface area contributed by atoms with Crippen molar-refractivity contribution in [1.29, 1.82) is 0 Å². The third-order valence-electron chi connectivity index (χ3n) is 4.87. The molecule has 140 valence electrons. The summed E-state index contributed by atoms with van der Waals surface area (Å²) in [6.45, 7) is 6.09. The molecule has 0 aliphatic carbocycles. The summed E-state index contributed by atoms with van der Waals surface area (Å²) in [6.07, 6.45) is 3.15. The molecule has 2 aromatic carbocycles. The molecule has 0 aliphatic heterocycles. The van der Waals surface area contributed by atoms with Gasteiger partial charge in [-0.05, 0) is 61.7 Å². The van der Waals surface area contributed by atoms with Crippen molar-refractivity contribution in [3.63, 3.8) is 0 Å². The third kappa shape index (κ3) is 4.34. The van der Waals surface area contributed by atoms with Crippen LogP contribution in [0.5, 0.6) is 5.75 Å². The monoisotopic (exact) mass is 364 g/mol. The lowest BCUT2D eigenvalue weighted by atomic mass is 10.1. The Morgan fingerprint density at radius 2 is 1.89 bits per heavy atom. The van der Waals surface area contributed by atoms with E-state index in [0.717, 1.165) is 16.8 Å². The first-order chi connectivity index (χ1) is 13.0. The first-order valence-electron chi connectivity index (χ1n) is 8.86. The van der Waals surface area contributed by atoms with Crippen LogP contribution >= 0.6 is 0 Å². The minimum absolute atomic E-state index is 0.0143. The fourth-order valence-corrected chi connectivity index (χ4v) is 2.74. The smallest absolute Gasteiger partial charge is 0.260 e. The van der Waals surface area contributed by atoms with E-state index in [4.69, 9.17) is 4.74 Å². The molecule has 6 nitrogen and oxygen atoms in total. The molecule has 1 atom stereocenters. The quantitative estimate of drug-likeness (QED) is 0.672. The molecule has 0 aliphatic rings. The molecule has 0 saturated heterocycles. The number of aryl methyl sites for hydroxylation is 2. The molecule has 0 radical (unpaired) electrons. The maximum atomic E-state index is 12.5. The molecule has 0 saturated carbocycles. The van der Waals surface area contributed by atoms with Crippen molar-refractivity contribution >= 4 is 5.91 Å². The van der Waals surface area contributed by atoms with Crippen molar-refractivity contribution < 1.29 is 9.53 Å². The van der Waals surface area contributed by atoms with Gasteiger partial charge >= 0.3 is 0 Å². The molecule has 1 amide bonds. The lowest BCUT2D eigenvalue weighted by Gasteiger charge is -2.25. The van der Waals surface area contributed by atoms with Crippen LogP contribution in [0.4, 0.5) is 0 Å². The number of hydrogen-bond donors (Lipinski definition) is 0. The normalized spacial score (nSPS) is 11.9. The van der Waals surface area contributed by atoms with Crippen LogP contribution in [0, 0.1) is 13.8 Å². The molecule has 0 fully saturated rings. The van der Waals surface area contributed by atoms with Crippen LogP contribution in [0.2, 0.25) is 0 Å². The topological polar surface area (TPSA) is 60.2 Å². The largest absolute Gasteiger partial charge is 0.484 e. The third-order valence-corrected chi connectivity index (χ3v) is 4.87. The summed E-state index contributed by atoms with van der Waals surface area (Å²) in [6, 6.07) is 13.7. The Labute approximate surface area is 159 Å². The van der Waals surface area contributed by atoms with Gasteiger partial charge in [-0.3, -0.25) is 4.79 Å². The molecule has 27 heavy (non-hydrogen) atoms. The Morgan fingerprint density at radius 3 is 2.52 bits per heavy atom. The Morgan fingerprint density at radius 1 is 1.15 bits per heavy atom. The molecule has 0 spiro atoms. The van der Waals surface area contributed by atoms with Crippen LogP contribution in [-0.2, 0) is 4.79 Å². The summed E-state index contributed by atoms with van der Waals surface area (Å²) in [5.74, 6) is 0.644. The summed E-state index contributed by atoms with van der Waals surface area (Å²) in [7, 11) is 1.79. The molecule has 1 aromatic heterocycles. The van der Waals surface area contributed by atoms with E-state index < -0.39 is 0 Å². The van der Waals surface area contributed by atoms with Gasteiger partial charge in [0.05, 0.1) is 11.7 Å². The number of benzene rings is 2. The van der Waals surface area contributed by atoms with Gasteiger partial charge < -0.3 is 9.64 Å². The maximum Gasteiger partial charge on any atom is 0.260 e. The second-order valence-corrected chi connectivity index (χ2v) is 6.65. The average Bonchev–Trinajstić information content (AvgIpc) is 3.22. The zero-order valence-corrected chi connectivity index (χ0v) is 16.1. The summed E-state index contributed by atoms with van der Waals surface area (Å²) in [5.41, 5.74) is 4.32. The molecule has 0 N–H and O–H groups in total. The second kappa shape index (κ2) is 8.03. The number of amides is 1. The molecular formula is C21H24N4O2. The van der Waals surface area contributed by atoms with Crippen molar-refractivity contribution in [2.24, 2.45) is 0 Å². The lowest BCUT2D eigenvalue weighted by molar-refractivity contribution is -0.134. The summed E-state index contributed by atoms with van der Waals surface area (Å²) in [5, 5.41) is 4.11. The number of nitrogens with zero attached hydrogens (tertiary/aromatic N) is 4. The molecule has 3 rings (SSSR count). The molecule has 0 unspecified atom stereocenters. The number of hydrogen-bond acceptors (Lipinski definition) is 4. The van der Waals surface area contributed by atoms with E-state index in [-0.39, 0.29) is 18.6 Å². The van der Waals surface area contributed by atoms with E-state index in [1.807, 2.05) is 63.2 Å². The Bertz CT molecular complexity index is 904. The molecule has 6 heteroatoms. The van der Waals surface area contributed by atoms with Gasteiger partial charge in [0.15, 0.2) is 6.61 Å². The van der Waals surface area contributed by atoms with E-state index in [1.165, 1.54) is 11.9 Å². The van der Waals surface area contributed by atoms with Gasteiger partial charge in [-0.1, -0.05) is 18.2 Å². The first-order valence-corrected chi connectivity index (χ1v) is 8.86. The molecular weight excluding hydrogens is 340 g/mol. The number of likely N-dealkylation sites (N-methyl/N-ethyl adjacent to an activating group) is 1. The van der Waals surface area contributed by atoms with Crippen molar-refractivity contribution in [3.05, 3.63) is 71.8 Å². The Balaban J connectivity index is 1.61. The van der Waals surface area contributed by atoms with Crippen molar-refractivity contribution in [2.45, 2.75) is 26.8 Å². The minimum atomic E-state index is -0.0684. The number of rotatable bonds is 6. The highest BCUT2D eigenvalue weighted by Gasteiger charge is 2.18. The van der Waals surface area contributed by atoms with E-state index in [2.05, 4.69) is 10.1 Å². The van der Waals surface area contributed by atoms with Crippen LogP contribution in [0.25, 0.3) is 5.69 Å². The van der Waals surface area contributed by atoms with Crippen LogP contribution in [0.1, 0.15) is 29.7 Å². The van der Waals surface area contributed by atoms with Gasteiger partial charge in [0.1, 0.15) is 18.4 Å². The first kappa shape index (κ1) is 18.6. The summed E-state index contributed by atoms with van der Waals surface area (Å²) >= 11 is 0. The highest BCUT2D eigenvalue weighted by molar-refractivity contribution is 5.78. The van der Waals surface area contributed by atoms with Gasteiger partial charge in [0.25, 0.3) is 5.91 Å². The molecule has 0 bridgehead atoms. The fourth-order valence-electron chi connectivity index (χ4n) is 2.74. The van der Waals surface area contributed by atoms with Crippen LogP contribution in [0.3, 0.4) is 0 Å². The standard InChI is InChI=1S/C21H24N4O2/c1-15-5-10-20(11-16(15)2)27-12-21(26)24(4)17(3)18-6-8-19(9-7-18)25-14-22-13-23-25/h5-11,13-14,17H,12H2,1-4H3/t17-/m1/s1. The highest BCUT2D eigenvalue weighted by atomic mass is 16.5. The SMILES string of the molecule is Cc1ccc(OCC(=O)N(C)[C@H](C)c2ccc(-n3cncn3)cc2)cc1C. The number of carbonyl (C=O) groups is 1. The van der Waals surface area contributed by atoms with Gasteiger partial charge in [-0.15, -0.1) is 0 Å². The van der Waals surface area contributed by atoms with E-state index in [0.29, 0.717) is 5.75 Å². The zero-order chi connectivity index (χ0) is 19.4. The van der Waals surface area contributed by atoms with Gasteiger partial charge in [0.2, 0.25) is 0 Å². The fraction of sp³-hybridized carbons (Fsp3) is 0.286. The predicted octanol–water partition coefficient (Wildman–Crippen LogP) is 3.48. The van der Waals surface area contributed by atoms with E-state index in [1.54, 1.807) is 23.0 Å². The van der Waals surface area contributed by atoms with Crippen LogP contribution in [0.15, 0.2) is 55.1 Å². The van der Waals surface area contributed by atoms with Crippen LogP contribution < -0.4 is 4.74 Å². The van der Waals surface area contributed by atoms with Crippen molar-refractivity contribution in [2.75, 3.05) is 13.7 Å². The van der Waals surface area contributed by atoms with E-state index >= 15 is 0 Å². The zero-order valence-electron chi connectivity index (χ0n) is 16.1. The summed E-state index contributed by atoms with van der Waals surface area (Å²) in [4.78, 5) is 18.2. The number of ether oxygens (including phenoxy) is 1. The van der Waals surface area contributed by atoms with E-state index in [9.17, 15) is 4.79 Å². The van der Waals surface area contributed by atoms with Crippen molar-refractivity contribution in [1.82, 2.24) is 19.7 Å². The number of aromatic nitrogens is 3. The maximum absolute atomic E-state index is 12.5. The highest BCUT2D eigenvalue weighted by Crippen LogP contribution is 2.21. The lowest BCUT2D eigenvalue weighted by Crippen LogP contribution is -2.33. The number of carbonyl (C=O) groups excluding carboxylic acids is 1. The minimum Gasteiger partial charge on any atom is -0.484 e.